The minimum absolute atomic E-state index is 0.571. The number of aryl methyl sites for hydroxylation is 1. The number of piperidine rings is 1. The summed E-state index contributed by atoms with van der Waals surface area (Å²) in [6.45, 7) is 2.19. The maximum atomic E-state index is 6.33. The standard InChI is InChI=1S/C14H16BrClN2/c1-18-13(9-4-3-7-17-8-9)12(15)10-5-2-6-11(16)14(10)18/h2,5-6,9,17H,3-4,7-8H2,1H3. The van der Waals surface area contributed by atoms with Crippen molar-refractivity contribution in [1.29, 1.82) is 0 Å². The molecular formula is C14H16BrClN2. The Kier molecular flexibility index (Phi) is 3.39. The molecule has 1 fully saturated rings. The highest BCUT2D eigenvalue weighted by molar-refractivity contribution is 9.10. The van der Waals surface area contributed by atoms with Crippen LogP contribution >= 0.6 is 27.5 Å². The molecule has 1 aliphatic heterocycles. The van der Waals surface area contributed by atoms with Crippen molar-refractivity contribution < 1.29 is 0 Å². The summed E-state index contributed by atoms with van der Waals surface area (Å²) < 4.78 is 3.45. The van der Waals surface area contributed by atoms with Gasteiger partial charge in [-0.25, -0.2) is 0 Å². The highest BCUT2D eigenvalue weighted by atomic mass is 79.9. The largest absolute Gasteiger partial charge is 0.345 e. The molecule has 2 heterocycles. The van der Waals surface area contributed by atoms with Crippen LogP contribution in [0.15, 0.2) is 22.7 Å². The van der Waals surface area contributed by atoms with Crippen molar-refractivity contribution in [1.82, 2.24) is 9.88 Å². The van der Waals surface area contributed by atoms with Crippen LogP contribution in [0.4, 0.5) is 0 Å². The number of halogens is 2. The Bertz CT molecular complexity index is 585. The van der Waals surface area contributed by atoms with E-state index in [1.807, 2.05) is 12.1 Å². The molecule has 0 radical (unpaired) electrons. The number of nitrogens with zero attached hydrogens (tertiary/aromatic N) is 1. The summed E-state index contributed by atoms with van der Waals surface area (Å²) in [5.41, 5.74) is 2.50. The third-order valence-corrected chi connectivity index (χ3v) is 4.97. The van der Waals surface area contributed by atoms with Crippen molar-refractivity contribution >= 4 is 38.4 Å². The molecule has 1 atom stereocenters. The molecule has 0 spiro atoms. The van der Waals surface area contributed by atoms with E-state index in [0.717, 1.165) is 23.6 Å². The summed E-state index contributed by atoms with van der Waals surface area (Å²) in [4.78, 5) is 0. The summed E-state index contributed by atoms with van der Waals surface area (Å²) in [6.07, 6.45) is 2.49. The van der Waals surface area contributed by atoms with Crippen molar-refractivity contribution in [3.05, 3.63) is 33.4 Å². The molecular weight excluding hydrogens is 312 g/mol. The zero-order valence-electron chi connectivity index (χ0n) is 10.3. The number of nitrogens with one attached hydrogen (secondary N) is 1. The molecule has 18 heavy (non-hydrogen) atoms. The van der Waals surface area contributed by atoms with E-state index < -0.39 is 0 Å². The maximum absolute atomic E-state index is 6.33. The van der Waals surface area contributed by atoms with Gasteiger partial charge >= 0.3 is 0 Å². The van der Waals surface area contributed by atoms with Gasteiger partial charge in [-0.1, -0.05) is 23.7 Å². The molecule has 1 unspecified atom stereocenters. The van der Waals surface area contributed by atoms with Gasteiger partial charge in [0, 0.05) is 35.1 Å². The summed E-state index contributed by atoms with van der Waals surface area (Å²) in [7, 11) is 2.11. The molecule has 1 N–H and O–H groups in total. The fourth-order valence-electron chi connectivity index (χ4n) is 2.98. The fraction of sp³-hybridized carbons (Fsp3) is 0.429. The van der Waals surface area contributed by atoms with Crippen molar-refractivity contribution in [3.63, 3.8) is 0 Å². The molecule has 96 valence electrons. The lowest BCUT2D eigenvalue weighted by molar-refractivity contribution is 0.447. The molecule has 4 heteroatoms. The van der Waals surface area contributed by atoms with Crippen LogP contribution < -0.4 is 5.32 Å². The van der Waals surface area contributed by atoms with Crippen molar-refractivity contribution in [2.45, 2.75) is 18.8 Å². The Morgan fingerprint density at radius 3 is 2.94 bits per heavy atom. The number of hydrogen-bond donors (Lipinski definition) is 1. The minimum Gasteiger partial charge on any atom is -0.345 e. The third-order valence-electron chi connectivity index (χ3n) is 3.83. The van der Waals surface area contributed by atoms with Gasteiger partial charge in [-0.05, 0) is 41.4 Å². The Morgan fingerprint density at radius 1 is 1.44 bits per heavy atom. The second kappa shape index (κ2) is 4.87. The number of fused-ring (bicyclic) bond motifs is 1. The van der Waals surface area contributed by atoms with Crippen LogP contribution in [0.2, 0.25) is 5.02 Å². The number of hydrogen-bond acceptors (Lipinski definition) is 1. The second-order valence-corrected chi connectivity index (χ2v) is 6.14. The topological polar surface area (TPSA) is 17.0 Å². The van der Waals surface area contributed by atoms with E-state index in [2.05, 4.69) is 38.9 Å². The second-order valence-electron chi connectivity index (χ2n) is 4.94. The SMILES string of the molecule is Cn1c(C2CCCNC2)c(Br)c2cccc(Cl)c21. The van der Waals surface area contributed by atoms with Crippen LogP contribution in [0.5, 0.6) is 0 Å². The number of aromatic nitrogens is 1. The van der Waals surface area contributed by atoms with E-state index in [1.54, 1.807) is 0 Å². The predicted molar refractivity (Wildman–Crippen MR) is 80.5 cm³/mol. The first-order chi connectivity index (χ1) is 8.70. The van der Waals surface area contributed by atoms with Crippen LogP contribution in [-0.4, -0.2) is 17.7 Å². The van der Waals surface area contributed by atoms with Gasteiger partial charge in [-0.15, -0.1) is 0 Å². The van der Waals surface area contributed by atoms with E-state index >= 15 is 0 Å². The van der Waals surface area contributed by atoms with Gasteiger partial charge in [0.05, 0.1) is 10.5 Å². The van der Waals surface area contributed by atoms with Gasteiger partial charge in [0.15, 0.2) is 0 Å². The lowest BCUT2D eigenvalue weighted by Gasteiger charge is -2.24. The van der Waals surface area contributed by atoms with E-state index in [9.17, 15) is 0 Å². The van der Waals surface area contributed by atoms with E-state index in [1.165, 1.54) is 28.4 Å². The lowest BCUT2D eigenvalue weighted by atomic mass is 9.96. The van der Waals surface area contributed by atoms with Gasteiger partial charge in [-0.2, -0.15) is 0 Å². The summed E-state index contributed by atoms with van der Waals surface area (Å²) in [5, 5.41) is 5.52. The Morgan fingerprint density at radius 2 is 2.28 bits per heavy atom. The van der Waals surface area contributed by atoms with Crippen LogP contribution in [0.1, 0.15) is 24.5 Å². The van der Waals surface area contributed by atoms with E-state index in [-0.39, 0.29) is 0 Å². The van der Waals surface area contributed by atoms with Gasteiger partial charge in [0.25, 0.3) is 0 Å². The molecule has 2 nitrogen and oxygen atoms in total. The molecule has 1 aromatic heterocycles. The van der Waals surface area contributed by atoms with Crippen molar-refractivity contribution in [2.24, 2.45) is 7.05 Å². The molecule has 0 aliphatic carbocycles. The van der Waals surface area contributed by atoms with Gasteiger partial charge < -0.3 is 9.88 Å². The molecule has 1 saturated heterocycles. The molecule has 1 aromatic carbocycles. The molecule has 2 aromatic rings. The smallest absolute Gasteiger partial charge is 0.0681 e. The van der Waals surface area contributed by atoms with E-state index in [4.69, 9.17) is 11.6 Å². The van der Waals surface area contributed by atoms with Crippen molar-refractivity contribution in [3.8, 4) is 0 Å². The normalized spacial score (nSPS) is 20.5. The minimum atomic E-state index is 0.571. The molecule has 0 bridgehead atoms. The Balaban J connectivity index is 2.20. The summed E-state index contributed by atoms with van der Waals surface area (Å²) in [5.74, 6) is 0.571. The average Bonchev–Trinajstić information content (AvgIpc) is 2.64. The number of benzene rings is 1. The van der Waals surface area contributed by atoms with Crippen molar-refractivity contribution in [2.75, 3.05) is 13.1 Å². The van der Waals surface area contributed by atoms with Crippen LogP contribution in [0.3, 0.4) is 0 Å². The summed E-state index contributed by atoms with van der Waals surface area (Å²) in [6, 6.07) is 6.10. The highest BCUT2D eigenvalue weighted by Crippen LogP contribution is 2.39. The molecule has 3 rings (SSSR count). The lowest BCUT2D eigenvalue weighted by Crippen LogP contribution is -2.29. The highest BCUT2D eigenvalue weighted by Gasteiger charge is 2.24. The average molecular weight is 328 g/mol. The van der Waals surface area contributed by atoms with Crippen LogP contribution in [0.25, 0.3) is 10.9 Å². The summed E-state index contributed by atoms with van der Waals surface area (Å²) >= 11 is 10.1. The van der Waals surface area contributed by atoms with Crippen LogP contribution in [-0.2, 0) is 7.05 Å². The van der Waals surface area contributed by atoms with Gasteiger partial charge in [-0.3, -0.25) is 0 Å². The first-order valence-corrected chi connectivity index (χ1v) is 7.50. The predicted octanol–water partition coefficient (Wildman–Crippen LogP) is 4.06. The van der Waals surface area contributed by atoms with Crippen LogP contribution in [0, 0.1) is 0 Å². The maximum Gasteiger partial charge on any atom is 0.0681 e. The monoisotopic (exact) mass is 326 g/mol. The first-order valence-electron chi connectivity index (χ1n) is 6.33. The van der Waals surface area contributed by atoms with Gasteiger partial charge in [0.1, 0.15) is 0 Å². The number of rotatable bonds is 1. The molecule has 1 aliphatic rings. The Labute approximate surface area is 120 Å². The third kappa shape index (κ3) is 1.89. The Hall–Kier alpha value is -0.510. The fourth-order valence-corrected chi connectivity index (χ4v) is 4.19. The first kappa shape index (κ1) is 12.5. The quantitative estimate of drug-likeness (QED) is 0.836. The molecule has 0 amide bonds. The molecule has 0 saturated carbocycles. The number of para-hydroxylation sites is 1. The zero-order valence-corrected chi connectivity index (χ0v) is 12.7. The van der Waals surface area contributed by atoms with E-state index in [0.29, 0.717) is 5.92 Å². The zero-order chi connectivity index (χ0) is 12.7. The van der Waals surface area contributed by atoms with Gasteiger partial charge in [0.2, 0.25) is 0 Å².